The molecule has 0 saturated carbocycles. The minimum atomic E-state index is -0.563. The summed E-state index contributed by atoms with van der Waals surface area (Å²) < 4.78 is 9.99. The first kappa shape index (κ1) is 16.0. The van der Waals surface area contributed by atoms with Crippen LogP contribution in [0.25, 0.3) is 0 Å². The van der Waals surface area contributed by atoms with Crippen LogP contribution in [-0.2, 0) is 14.3 Å². The second-order valence-electron chi connectivity index (χ2n) is 5.06. The number of carbonyl (C=O) groups is 2. The smallest absolute Gasteiger partial charge is 0.338 e. The van der Waals surface area contributed by atoms with Crippen LogP contribution in [0.2, 0.25) is 0 Å². The Bertz CT molecular complexity index is 479. The summed E-state index contributed by atoms with van der Waals surface area (Å²) in [6.07, 6.45) is 0.676. The molecule has 20 heavy (non-hydrogen) atoms. The summed E-state index contributed by atoms with van der Waals surface area (Å²) in [6.45, 7) is 5.51. The fraction of sp³-hybridized carbons (Fsp3) is 0.467. The number of hydrogen-bond donors (Lipinski definition) is 1. The van der Waals surface area contributed by atoms with Gasteiger partial charge in [-0.3, -0.25) is 4.79 Å². The molecule has 0 fully saturated rings. The summed E-state index contributed by atoms with van der Waals surface area (Å²) in [7, 11) is 0. The number of hydrogen-bond acceptors (Lipinski definition) is 5. The van der Waals surface area contributed by atoms with Gasteiger partial charge in [0.05, 0.1) is 11.0 Å². The molecule has 0 aliphatic heterocycles. The standard InChI is InChI=1S/C15H20O5/c1-4-15(2,3)14(18)20-9-8-19-13(17)11-6-5-7-12(16)10-11/h5-7,10,16H,4,8-9H2,1-3H3. The Morgan fingerprint density at radius 1 is 1.20 bits per heavy atom. The van der Waals surface area contributed by atoms with Crippen molar-refractivity contribution in [2.75, 3.05) is 13.2 Å². The number of aromatic hydroxyl groups is 1. The molecule has 110 valence electrons. The molecule has 0 heterocycles. The summed E-state index contributed by atoms with van der Waals surface area (Å²) in [5.74, 6) is -0.879. The lowest BCUT2D eigenvalue weighted by Crippen LogP contribution is -2.27. The van der Waals surface area contributed by atoms with Gasteiger partial charge >= 0.3 is 11.9 Å². The van der Waals surface area contributed by atoms with Crippen LogP contribution in [0, 0.1) is 5.41 Å². The van der Waals surface area contributed by atoms with Crippen molar-refractivity contribution >= 4 is 11.9 Å². The maximum absolute atomic E-state index is 11.7. The van der Waals surface area contributed by atoms with Crippen LogP contribution in [0.1, 0.15) is 37.6 Å². The SMILES string of the molecule is CCC(C)(C)C(=O)OCCOC(=O)c1cccc(O)c1. The molecule has 1 aromatic rings. The molecule has 1 aromatic carbocycles. The Morgan fingerprint density at radius 2 is 1.85 bits per heavy atom. The third-order valence-corrected chi connectivity index (χ3v) is 3.07. The van der Waals surface area contributed by atoms with Gasteiger partial charge < -0.3 is 14.6 Å². The van der Waals surface area contributed by atoms with E-state index in [-0.39, 0.29) is 30.5 Å². The fourth-order valence-electron chi connectivity index (χ4n) is 1.32. The molecule has 0 bridgehead atoms. The average Bonchev–Trinajstić information content (AvgIpc) is 2.42. The van der Waals surface area contributed by atoms with E-state index in [1.54, 1.807) is 19.9 Å². The second kappa shape index (κ2) is 6.93. The van der Waals surface area contributed by atoms with Gasteiger partial charge in [-0.1, -0.05) is 13.0 Å². The van der Waals surface area contributed by atoms with Gasteiger partial charge in [-0.2, -0.15) is 0 Å². The van der Waals surface area contributed by atoms with E-state index in [9.17, 15) is 14.7 Å². The summed E-state index contributed by atoms with van der Waals surface area (Å²) >= 11 is 0. The monoisotopic (exact) mass is 280 g/mol. The highest BCUT2D eigenvalue weighted by molar-refractivity contribution is 5.89. The zero-order valence-corrected chi connectivity index (χ0v) is 12.0. The third kappa shape index (κ3) is 4.57. The molecule has 5 nitrogen and oxygen atoms in total. The van der Waals surface area contributed by atoms with Gasteiger partial charge in [0.25, 0.3) is 0 Å². The maximum atomic E-state index is 11.7. The van der Waals surface area contributed by atoms with Crippen LogP contribution in [0.3, 0.4) is 0 Å². The van der Waals surface area contributed by atoms with Gasteiger partial charge in [-0.15, -0.1) is 0 Å². The predicted octanol–water partition coefficient (Wildman–Crippen LogP) is 2.53. The van der Waals surface area contributed by atoms with Crippen LogP contribution in [-0.4, -0.2) is 30.3 Å². The van der Waals surface area contributed by atoms with Crippen LogP contribution >= 0.6 is 0 Å². The number of phenols is 1. The molecule has 0 saturated heterocycles. The number of benzene rings is 1. The molecule has 5 heteroatoms. The van der Waals surface area contributed by atoms with Gasteiger partial charge in [-0.25, -0.2) is 4.79 Å². The number of ether oxygens (including phenoxy) is 2. The lowest BCUT2D eigenvalue weighted by atomic mass is 9.91. The van der Waals surface area contributed by atoms with Crippen molar-refractivity contribution in [1.29, 1.82) is 0 Å². The minimum Gasteiger partial charge on any atom is -0.508 e. The number of rotatable bonds is 6. The van der Waals surface area contributed by atoms with Gasteiger partial charge in [0.15, 0.2) is 0 Å². The number of phenolic OH excluding ortho intramolecular Hbond substituents is 1. The lowest BCUT2D eigenvalue weighted by Gasteiger charge is -2.20. The highest BCUT2D eigenvalue weighted by Gasteiger charge is 2.26. The van der Waals surface area contributed by atoms with E-state index in [1.807, 2.05) is 6.92 Å². The molecular formula is C15H20O5. The quantitative estimate of drug-likeness (QED) is 0.640. The molecular weight excluding hydrogens is 260 g/mol. The third-order valence-electron chi connectivity index (χ3n) is 3.07. The first-order valence-corrected chi connectivity index (χ1v) is 6.50. The van der Waals surface area contributed by atoms with E-state index in [4.69, 9.17) is 9.47 Å². The van der Waals surface area contributed by atoms with E-state index in [1.165, 1.54) is 18.2 Å². The van der Waals surface area contributed by atoms with Crippen molar-refractivity contribution < 1.29 is 24.2 Å². The van der Waals surface area contributed by atoms with Crippen molar-refractivity contribution in [3.63, 3.8) is 0 Å². The number of esters is 2. The largest absolute Gasteiger partial charge is 0.508 e. The molecule has 0 aliphatic carbocycles. The topological polar surface area (TPSA) is 72.8 Å². The molecule has 0 unspecified atom stereocenters. The van der Waals surface area contributed by atoms with E-state index >= 15 is 0 Å². The maximum Gasteiger partial charge on any atom is 0.338 e. The van der Waals surface area contributed by atoms with Crippen LogP contribution < -0.4 is 0 Å². The molecule has 1 N–H and O–H groups in total. The molecule has 1 rings (SSSR count). The van der Waals surface area contributed by atoms with Gasteiger partial charge in [0, 0.05) is 0 Å². The van der Waals surface area contributed by atoms with Gasteiger partial charge in [0.2, 0.25) is 0 Å². The molecule has 0 aromatic heterocycles. The Hall–Kier alpha value is -2.04. The van der Waals surface area contributed by atoms with E-state index in [2.05, 4.69) is 0 Å². The predicted molar refractivity (Wildman–Crippen MR) is 73.4 cm³/mol. The van der Waals surface area contributed by atoms with Crippen LogP contribution in [0.15, 0.2) is 24.3 Å². The van der Waals surface area contributed by atoms with Crippen molar-refractivity contribution in [3.05, 3.63) is 29.8 Å². The zero-order chi connectivity index (χ0) is 15.2. The Morgan fingerprint density at radius 3 is 2.45 bits per heavy atom. The first-order valence-electron chi connectivity index (χ1n) is 6.50. The van der Waals surface area contributed by atoms with Crippen LogP contribution in [0.4, 0.5) is 0 Å². The highest BCUT2D eigenvalue weighted by Crippen LogP contribution is 2.21. The Balaban J connectivity index is 2.35. The molecule has 0 amide bonds. The van der Waals surface area contributed by atoms with Gasteiger partial charge in [-0.05, 0) is 38.5 Å². The Labute approximate surface area is 118 Å². The molecule has 0 aliphatic rings. The summed E-state index contributed by atoms with van der Waals surface area (Å²) in [5.41, 5.74) is -0.278. The summed E-state index contributed by atoms with van der Waals surface area (Å²) in [5, 5.41) is 9.25. The first-order chi connectivity index (χ1) is 9.36. The van der Waals surface area contributed by atoms with Crippen molar-refractivity contribution in [2.24, 2.45) is 5.41 Å². The lowest BCUT2D eigenvalue weighted by molar-refractivity contribution is -0.155. The van der Waals surface area contributed by atoms with Crippen molar-refractivity contribution in [2.45, 2.75) is 27.2 Å². The van der Waals surface area contributed by atoms with Gasteiger partial charge in [0.1, 0.15) is 19.0 Å². The van der Waals surface area contributed by atoms with E-state index in [0.717, 1.165) is 0 Å². The van der Waals surface area contributed by atoms with Crippen molar-refractivity contribution in [1.82, 2.24) is 0 Å². The zero-order valence-electron chi connectivity index (χ0n) is 12.0. The molecule has 0 atom stereocenters. The minimum absolute atomic E-state index is 0.00410. The normalized spacial score (nSPS) is 10.9. The average molecular weight is 280 g/mol. The Kier molecular flexibility index (Phi) is 5.55. The van der Waals surface area contributed by atoms with Crippen LogP contribution in [0.5, 0.6) is 5.75 Å². The summed E-state index contributed by atoms with van der Waals surface area (Å²) in [4.78, 5) is 23.3. The number of carbonyl (C=O) groups excluding carboxylic acids is 2. The van der Waals surface area contributed by atoms with Crippen molar-refractivity contribution in [3.8, 4) is 5.75 Å². The fourth-order valence-corrected chi connectivity index (χ4v) is 1.32. The highest BCUT2D eigenvalue weighted by atomic mass is 16.6. The summed E-state index contributed by atoms with van der Waals surface area (Å²) in [6, 6.07) is 5.86. The molecule has 0 radical (unpaired) electrons. The second-order valence-corrected chi connectivity index (χ2v) is 5.06. The van der Waals surface area contributed by atoms with E-state index < -0.39 is 11.4 Å². The molecule has 0 spiro atoms. The van der Waals surface area contributed by atoms with E-state index in [0.29, 0.717) is 6.42 Å².